The van der Waals surface area contributed by atoms with Gasteiger partial charge in [0.05, 0.1) is 5.69 Å². The van der Waals surface area contributed by atoms with Gasteiger partial charge in [-0.1, -0.05) is 0 Å². The molecule has 0 aliphatic carbocycles. The Bertz CT molecular complexity index is 473. The Hall–Kier alpha value is -1.62. The third-order valence-corrected chi connectivity index (χ3v) is 2.50. The maximum atomic E-state index is 11.1. The van der Waals surface area contributed by atoms with Crippen LogP contribution >= 0.6 is 11.6 Å². The second-order valence-electron chi connectivity index (χ2n) is 3.68. The molecule has 1 heterocycles. The Kier molecular flexibility index (Phi) is 5.09. The van der Waals surface area contributed by atoms with E-state index in [0.29, 0.717) is 22.6 Å². The Balaban J connectivity index is 3.17. The van der Waals surface area contributed by atoms with Crippen molar-refractivity contribution < 1.29 is 19.1 Å². The quantitative estimate of drug-likeness (QED) is 0.620. The van der Waals surface area contributed by atoms with Crippen LogP contribution in [0.2, 0.25) is 0 Å². The number of alkyl halides is 1. The van der Waals surface area contributed by atoms with Crippen LogP contribution in [0.25, 0.3) is 0 Å². The first-order valence-corrected chi connectivity index (χ1v) is 5.84. The number of carbonyl (C=O) groups is 2. The minimum atomic E-state index is -0.462. The summed E-state index contributed by atoms with van der Waals surface area (Å²) in [5.41, 5.74) is 1.78. The van der Waals surface area contributed by atoms with Gasteiger partial charge in [-0.25, -0.2) is 0 Å². The van der Waals surface area contributed by atoms with Crippen molar-refractivity contribution in [1.82, 2.24) is 4.98 Å². The monoisotopic (exact) mass is 271 g/mol. The highest BCUT2D eigenvalue weighted by Gasteiger charge is 2.16. The average Bonchev–Trinajstić information content (AvgIpc) is 2.29. The van der Waals surface area contributed by atoms with E-state index in [4.69, 9.17) is 21.1 Å². The number of rotatable bonds is 4. The van der Waals surface area contributed by atoms with Gasteiger partial charge in [-0.05, 0) is 12.5 Å². The van der Waals surface area contributed by atoms with Gasteiger partial charge in [-0.2, -0.15) is 0 Å². The van der Waals surface area contributed by atoms with Gasteiger partial charge >= 0.3 is 11.9 Å². The van der Waals surface area contributed by atoms with E-state index in [1.807, 2.05) is 0 Å². The Labute approximate surface area is 110 Å². The molecule has 0 saturated heterocycles. The summed E-state index contributed by atoms with van der Waals surface area (Å²) in [6.45, 7) is 4.30. The molecule has 0 saturated carbocycles. The molecule has 1 rings (SSSR count). The normalized spacial score (nSPS) is 10.0. The van der Waals surface area contributed by atoms with Crippen LogP contribution < -0.4 is 4.74 Å². The molecule has 1 aromatic heterocycles. The third-order valence-electron chi connectivity index (χ3n) is 2.21. The zero-order valence-corrected chi connectivity index (χ0v) is 11.2. The molecular weight excluding hydrogens is 258 g/mol. The minimum Gasteiger partial charge on any atom is -0.461 e. The SMILES string of the molecule is CC(=O)OCc1c(CCl)cnc(C)c1OC(C)=O. The number of esters is 2. The Morgan fingerprint density at radius 1 is 1.33 bits per heavy atom. The number of carbonyl (C=O) groups excluding carboxylic acids is 2. The fraction of sp³-hybridized carbons (Fsp3) is 0.417. The highest BCUT2D eigenvalue weighted by atomic mass is 35.5. The van der Waals surface area contributed by atoms with Crippen molar-refractivity contribution in [3.63, 3.8) is 0 Å². The summed E-state index contributed by atoms with van der Waals surface area (Å²) >= 11 is 5.79. The van der Waals surface area contributed by atoms with Gasteiger partial charge in [0, 0.05) is 31.5 Å². The molecule has 0 N–H and O–H groups in total. The van der Waals surface area contributed by atoms with Gasteiger partial charge in [0.1, 0.15) is 6.61 Å². The minimum absolute atomic E-state index is 0.00333. The van der Waals surface area contributed by atoms with Gasteiger partial charge in [-0.15, -0.1) is 11.6 Å². The molecule has 0 aliphatic rings. The standard InChI is InChI=1S/C12H14ClNO4/c1-7-12(18-9(3)16)11(6-17-8(2)15)10(4-13)5-14-7/h5H,4,6H2,1-3H3. The summed E-state index contributed by atoms with van der Waals surface area (Å²) in [5, 5.41) is 0. The maximum Gasteiger partial charge on any atom is 0.308 e. The number of aromatic nitrogens is 1. The molecular formula is C12H14ClNO4. The predicted molar refractivity (Wildman–Crippen MR) is 65.3 cm³/mol. The van der Waals surface area contributed by atoms with E-state index in [0.717, 1.165) is 0 Å². The topological polar surface area (TPSA) is 65.5 Å². The molecule has 0 unspecified atom stereocenters. The summed E-state index contributed by atoms with van der Waals surface area (Å²) in [7, 11) is 0. The molecule has 0 fully saturated rings. The lowest BCUT2D eigenvalue weighted by atomic mass is 10.1. The molecule has 0 aromatic carbocycles. The fourth-order valence-electron chi connectivity index (χ4n) is 1.40. The molecule has 0 radical (unpaired) electrons. The highest BCUT2D eigenvalue weighted by Crippen LogP contribution is 2.27. The van der Waals surface area contributed by atoms with Crippen LogP contribution in [0.4, 0.5) is 0 Å². The average molecular weight is 272 g/mol. The van der Waals surface area contributed by atoms with Crippen LogP contribution in [0.15, 0.2) is 6.20 Å². The molecule has 98 valence electrons. The number of halogens is 1. The largest absolute Gasteiger partial charge is 0.461 e. The Morgan fingerprint density at radius 3 is 2.50 bits per heavy atom. The van der Waals surface area contributed by atoms with Crippen molar-refractivity contribution in [2.45, 2.75) is 33.3 Å². The Morgan fingerprint density at radius 2 is 2.00 bits per heavy atom. The van der Waals surface area contributed by atoms with E-state index in [-0.39, 0.29) is 12.5 Å². The van der Waals surface area contributed by atoms with Crippen molar-refractivity contribution in [2.24, 2.45) is 0 Å². The summed E-state index contributed by atoms with van der Waals surface area (Å²) in [6.07, 6.45) is 1.58. The number of aryl methyl sites for hydroxylation is 1. The van der Waals surface area contributed by atoms with Crippen LogP contribution in [0.5, 0.6) is 5.75 Å². The van der Waals surface area contributed by atoms with Gasteiger partial charge in [0.25, 0.3) is 0 Å². The summed E-state index contributed by atoms with van der Waals surface area (Å²) in [6, 6.07) is 0. The molecule has 0 spiro atoms. The molecule has 0 amide bonds. The molecule has 6 heteroatoms. The highest BCUT2D eigenvalue weighted by molar-refractivity contribution is 6.17. The predicted octanol–water partition coefficient (Wildman–Crippen LogP) is 2.12. The van der Waals surface area contributed by atoms with Gasteiger partial charge < -0.3 is 9.47 Å². The van der Waals surface area contributed by atoms with Gasteiger partial charge in [0.15, 0.2) is 5.75 Å². The molecule has 1 aromatic rings. The summed E-state index contributed by atoms with van der Waals surface area (Å²) < 4.78 is 10.0. The summed E-state index contributed by atoms with van der Waals surface area (Å²) in [4.78, 5) is 26.0. The zero-order valence-electron chi connectivity index (χ0n) is 10.4. The van der Waals surface area contributed by atoms with Crippen molar-refractivity contribution in [1.29, 1.82) is 0 Å². The number of hydrogen-bond donors (Lipinski definition) is 0. The second-order valence-corrected chi connectivity index (χ2v) is 3.95. The lowest BCUT2D eigenvalue weighted by Gasteiger charge is -2.14. The van der Waals surface area contributed by atoms with E-state index in [2.05, 4.69) is 4.98 Å². The van der Waals surface area contributed by atoms with E-state index in [1.165, 1.54) is 13.8 Å². The second kappa shape index (κ2) is 6.35. The third kappa shape index (κ3) is 3.70. The fourth-order valence-corrected chi connectivity index (χ4v) is 1.63. The van der Waals surface area contributed by atoms with Gasteiger partial charge in [0.2, 0.25) is 0 Å². The molecule has 0 bridgehead atoms. The molecule has 0 atom stereocenters. The van der Waals surface area contributed by atoms with Crippen molar-refractivity contribution in [2.75, 3.05) is 0 Å². The van der Waals surface area contributed by atoms with Crippen molar-refractivity contribution in [3.05, 3.63) is 23.0 Å². The van der Waals surface area contributed by atoms with Gasteiger partial charge in [-0.3, -0.25) is 14.6 Å². The van der Waals surface area contributed by atoms with E-state index < -0.39 is 11.9 Å². The lowest BCUT2D eigenvalue weighted by Crippen LogP contribution is -2.10. The smallest absolute Gasteiger partial charge is 0.308 e. The maximum absolute atomic E-state index is 11.1. The molecule has 0 aliphatic heterocycles. The van der Waals surface area contributed by atoms with E-state index in [9.17, 15) is 9.59 Å². The van der Waals surface area contributed by atoms with Crippen LogP contribution in [-0.2, 0) is 26.8 Å². The van der Waals surface area contributed by atoms with Crippen molar-refractivity contribution in [3.8, 4) is 5.75 Å². The molecule has 18 heavy (non-hydrogen) atoms. The molecule has 5 nitrogen and oxygen atoms in total. The number of ether oxygens (including phenoxy) is 2. The first-order valence-electron chi connectivity index (χ1n) is 5.30. The van der Waals surface area contributed by atoms with Crippen molar-refractivity contribution >= 4 is 23.5 Å². The van der Waals surface area contributed by atoms with Crippen LogP contribution in [0.3, 0.4) is 0 Å². The number of hydrogen-bond acceptors (Lipinski definition) is 5. The first kappa shape index (κ1) is 14.4. The van der Waals surface area contributed by atoms with Crippen LogP contribution in [0.1, 0.15) is 30.7 Å². The lowest BCUT2D eigenvalue weighted by molar-refractivity contribution is -0.142. The number of pyridine rings is 1. The van der Waals surface area contributed by atoms with E-state index in [1.54, 1.807) is 13.1 Å². The summed E-state index contributed by atoms with van der Waals surface area (Å²) in [5.74, 6) is -0.380. The van der Waals surface area contributed by atoms with Crippen LogP contribution in [-0.4, -0.2) is 16.9 Å². The van der Waals surface area contributed by atoms with E-state index >= 15 is 0 Å². The first-order chi connectivity index (χ1) is 8.45. The number of nitrogens with zero attached hydrogens (tertiary/aromatic N) is 1. The van der Waals surface area contributed by atoms with Crippen LogP contribution in [0, 0.1) is 6.92 Å². The zero-order chi connectivity index (χ0) is 13.7.